The first-order valence-electron chi connectivity index (χ1n) is 4.39. The zero-order valence-corrected chi connectivity index (χ0v) is 9.02. The summed E-state index contributed by atoms with van der Waals surface area (Å²) in [5, 5.41) is 9.18. The summed E-state index contributed by atoms with van der Waals surface area (Å²) in [6.45, 7) is 0. The van der Waals surface area contributed by atoms with Crippen molar-refractivity contribution in [1.29, 1.82) is 0 Å². The Bertz CT molecular complexity index is 648. The van der Waals surface area contributed by atoms with E-state index in [1.807, 2.05) is 0 Å². The van der Waals surface area contributed by atoms with Crippen molar-refractivity contribution < 1.29 is 9.90 Å². The molecule has 16 heavy (non-hydrogen) atoms. The molecule has 0 atom stereocenters. The minimum atomic E-state index is -1.17. The molecule has 6 heteroatoms. The summed E-state index contributed by atoms with van der Waals surface area (Å²) in [7, 11) is 1.55. The third kappa shape index (κ3) is 1.55. The van der Waals surface area contributed by atoms with Crippen molar-refractivity contribution in [1.82, 2.24) is 9.55 Å². The maximum Gasteiger partial charge on any atom is 0.337 e. The van der Waals surface area contributed by atoms with Crippen LogP contribution in [0.2, 0.25) is 5.02 Å². The van der Waals surface area contributed by atoms with Gasteiger partial charge in [-0.3, -0.25) is 4.79 Å². The Morgan fingerprint density at radius 1 is 1.50 bits per heavy atom. The molecule has 0 saturated heterocycles. The minimum Gasteiger partial charge on any atom is -0.478 e. The van der Waals surface area contributed by atoms with E-state index in [0.29, 0.717) is 5.52 Å². The predicted molar refractivity (Wildman–Crippen MR) is 59.0 cm³/mol. The van der Waals surface area contributed by atoms with Crippen LogP contribution in [0.25, 0.3) is 10.9 Å². The number of carbonyl (C=O) groups is 1. The second-order valence-corrected chi connectivity index (χ2v) is 3.72. The lowest BCUT2D eigenvalue weighted by atomic mass is 10.1. The Hall–Kier alpha value is -1.88. The molecule has 2 aromatic rings. The van der Waals surface area contributed by atoms with Gasteiger partial charge in [-0.05, 0) is 12.1 Å². The van der Waals surface area contributed by atoms with E-state index in [0.717, 1.165) is 0 Å². The second kappa shape index (κ2) is 3.61. The van der Waals surface area contributed by atoms with Crippen molar-refractivity contribution >= 4 is 28.5 Å². The van der Waals surface area contributed by atoms with Gasteiger partial charge in [0.25, 0.3) is 5.56 Å². The monoisotopic (exact) mass is 238 g/mol. The largest absolute Gasteiger partial charge is 0.478 e. The molecule has 0 aliphatic rings. The van der Waals surface area contributed by atoms with Crippen LogP contribution in [0, 0.1) is 0 Å². The lowest BCUT2D eigenvalue weighted by molar-refractivity contribution is 0.0697. The fourth-order valence-electron chi connectivity index (χ4n) is 1.40. The standard InChI is InChI=1S/C10H7ClN2O3/c1-13-4-12-8-3-7(11)5(10(15)16)2-6(8)9(13)14/h2-4H,1H3,(H,15,16). The molecule has 5 nitrogen and oxygen atoms in total. The summed E-state index contributed by atoms with van der Waals surface area (Å²) in [6.07, 6.45) is 1.36. The van der Waals surface area contributed by atoms with E-state index in [-0.39, 0.29) is 21.5 Å². The van der Waals surface area contributed by atoms with Gasteiger partial charge >= 0.3 is 5.97 Å². The lowest BCUT2D eigenvalue weighted by Crippen LogP contribution is -2.17. The van der Waals surface area contributed by atoms with Crippen molar-refractivity contribution in [2.75, 3.05) is 0 Å². The Kier molecular flexibility index (Phi) is 2.40. The van der Waals surface area contributed by atoms with E-state index in [1.54, 1.807) is 7.05 Å². The highest BCUT2D eigenvalue weighted by atomic mass is 35.5. The van der Waals surface area contributed by atoms with Crippen LogP contribution in [-0.4, -0.2) is 20.6 Å². The molecule has 1 N–H and O–H groups in total. The Balaban J connectivity index is 2.92. The van der Waals surface area contributed by atoms with Crippen LogP contribution in [0.1, 0.15) is 10.4 Å². The van der Waals surface area contributed by atoms with E-state index >= 15 is 0 Å². The Labute approximate surface area is 94.9 Å². The van der Waals surface area contributed by atoms with Crippen molar-refractivity contribution in [3.63, 3.8) is 0 Å². The molecule has 82 valence electrons. The van der Waals surface area contributed by atoms with E-state index < -0.39 is 5.97 Å². The SMILES string of the molecule is Cn1cnc2cc(Cl)c(C(=O)O)cc2c1=O. The van der Waals surface area contributed by atoms with Gasteiger partial charge in [-0.15, -0.1) is 0 Å². The molecular weight excluding hydrogens is 232 g/mol. The number of carboxylic acid groups (broad SMARTS) is 1. The van der Waals surface area contributed by atoms with Crippen LogP contribution < -0.4 is 5.56 Å². The average molecular weight is 239 g/mol. The van der Waals surface area contributed by atoms with E-state index in [4.69, 9.17) is 16.7 Å². The first-order valence-corrected chi connectivity index (χ1v) is 4.76. The van der Waals surface area contributed by atoms with Gasteiger partial charge in [0.1, 0.15) is 0 Å². The summed E-state index contributed by atoms with van der Waals surface area (Å²) >= 11 is 5.76. The van der Waals surface area contributed by atoms with Gasteiger partial charge in [0, 0.05) is 7.05 Å². The molecule has 1 heterocycles. The van der Waals surface area contributed by atoms with Crippen molar-refractivity contribution in [3.05, 3.63) is 39.4 Å². The number of hydrogen-bond donors (Lipinski definition) is 1. The number of carboxylic acids is 1. The average Bonchev–Trinajstić information content (AvgIpc) is 2.23. The smallest absolute Gasteiger partial charge is 0.337 e. The van der Waals surface area contributed by atoms with Gasteiger partial charge in [0.15, 0.2) is 0 Å². The number of fused-ring (bicyclic) bond motifs is 1. The molecular formula is C10H7ClN2O3. The quantitative estimate of drug-likeness (QED) is 0.813. The molecule has 0 amide bonds. The molecule has 0 radical (unpaired) electrons. The number of benzene rings is 1. The second-order valence-electron chi connectivity index (χ2n) is 3.31. The highest BCUT2D eigenvalue weighted by molar-refractivity contribution is 6.34. The third-order valence-corrected chi connectivity index (χ3v) is 2.55. The number of rotatable bonds is 1. The fourth-order valence-corrected chi connectivity index (χ4v) is 1.63. The van der Waals surface area contributed by atoms with E-state index in [9.17, 15) is 9.59 Å². The zero-order chi connectivity index (χ0) is 11.9. The number of hydrogen-bond acceptors (Lipinski definition) is 3. The fraction of sp³-hybridized carbons (Fsp3) is 0.100. The van der Waals surface area contributed by atoms with Gasteiger partial charge in [-0.1, -0.05) is 11.6 Å². The first kappa shape index (κ1) is 10.6. The Morgan fingerprint density at radius 2 is 2.19 bits per heavy atom. The van der Waals surface area contributed by atoms with E-state index in [1.165, 1.54) is 23.0 Å². The minimum absolute atomic E-state index is 0.0701. The van der Waals surface area contributed by atoms with Crippen LogP contribution in [0.3, 0.4) is 0 Å². The van der Waals surface area contributed by atoms with Crippen molar-refractivity contribution in [3.8, 4) is 0 Å². The summed E-state index contributed by atoms with van der Waals surface area (Å²) in [5.74, 6) is -1.17. The van der Waals surface area contributed by atoms with E-state index in [2.05, 4.69) is 4.98 Å². The van der Waals surface area contributed by atoms with Crippen LogP contribution in [0.15, 0.2) is 23.3 Å². The normalized spacial score (nSPS) is 10.6. The summed E-state index contributed by atoms with van der Waals surface area (Å²) in [4.78, 5) is 26.5. The third-order valence-electron chi connectivity index (χ3n) is 2.24. The molecule has 0 saturated carbocycles. The van der Waals surface area contributed by atoms with Crippen LogP contribution in [-0.2, 0) is 7.05 Å². The first-order chi connectivity index (χ1) is 7.50. The maximum atomic E-state index is 11.7. The van der Waals surface area contributed by atoms with Crippen LogP contribution in [0.4, 0.5) is 0 Å². The molecule has 0 aliphatic heterocycles. The van der Waals surface area contributed by atoms with Gasteiger partial charge in [-0.2, -0.15) is 0 Å². The number of nitrogens with zero attached hydrogens (tertiary/aromatic N) is 2. The van der Waals surface area contributed by atoms with Crippen LogP contribution in [0.5, 0.6) is 0 Å². The number of aromatic nitrogens is 2. The highest BCUT2D eigenvalue weighted by Crippen LogP contribution is 2.20. The molecule has 2 rings (SSSR count). The van der Waals surface area contributed by atoms with Gasteiger partial charge in [0.2, 0.25) is 0 Å². The predicted octanol–water partition coefficient (Wildman–Crippen LogP) is 1.29. The maximum absolute atomic E-state index is 11.7. The summed E-state index contributed by atoms with van der Waals surface area (Å²) in [5.41, 5.74) is -0.0125. The zero-order valence-electron chi connectivity index (χ0n) is 8.27. The lowest BCUT2D eigenvalue weighted by Gasteiger charge is -2.03. The molecule has 0 spiro atoms. The van der Waals surface area contributed by atoms with Crippen molar-refractivity contribution in [2.24, 2.45) is 7.05 Å². The molecule has 0 bridgehead atoms. The van der Waals surface area contributed by atoms with Gasteiger partial charge in [-0.25, -0.2) is 9.78 Å². The molecule has 1 aromatic heterocycles. The van der Waals surface area contributed by atoms with Crippen LogP contribution >= 0.6 is 11.6 Å². The number of aryl methyl sites for hydroxylation is 1. The summed E-state index contributed by atoms with van der Waals surface area (Å²) < 4.78 is 1.28. The molecule has 0 unspecified atom stereocenters. The number of aromatic carboxylic acids is 1. The van der Waals surface area contributed by atoms with Crippen molar-refractivity contribution in [2.45, 2.75) is 0 Å². The Morgan fingerprint density at radius 3 is 2.81 bits per heavy atom. The number of halogens is 1. The topological polar surface area (TPSA) is 72.2 Å². The highest BCUT2D eigenvalue weighted by Gasteiger charge is 2.12. The molecule has 0 aliphatic carbocycles. The molecule has 0 fully saturated rings. The van der Waals surface area contributed by atoms with Gasteiger partial charge in [0.05, 0.1) is 27.8 Å². The molecule has 1 aromatic carbocycles. The van der Waals surface area contributed by atoms with Gasteiger partial charge < -0.3 is 9.67 Å². The summed E-state index contributed by atoms with van der Waals surface area (Å²) in [6, 6.07) is 2.62.